The van der Waals surface area contributed by atoms with E-state index in [1.165, 1.54) is 0 Å². The molecule has 0 aromatic rings. The molecule has 0 spiro atoms. The first-order valence-corrected chi connectivity index (χ1v) is 23.8. The first kappa shape index (κ1) is 43.8. The Labute approximate surface area is 378 Å². The smallest absolute Gasteiger partial charge is 0.333 e. The van der Waals surface area contributed by atoms with Gasteiger partial charge in [0, 0.05) is 0 Å². The fourth-order valence-electron chi connectivity index (χ4n) is 1.69. The molecule has 1 atom stereocenters. The van der Waals surface area contributed by atoms with Crippen LogP contribution in [-0.4, -0.2) is 41.4 Å². The van der Waals surface area contributed by atoms with E-state index in [-0.39, 0.29) is 0 Å². The van der Waals surface area contributed by atoms with E-state index in [1.807, 2.05) is 0 Å². The van der Waals surface area contributed by atoms with Crippen molar-refractivity contribution in [1.82, 2.24) is 0 Å². The number of rotatable bonds is 9. The van der Waals surface area contributed by atoms with Crippen LogP contribution in [0.1, 0.15) is 0 Å². The third kappa shape index (κ3) is 7.43. The highest BCUT2D eigenvalue weighted by Crippen LogP contribution is 2.80. The molecular formula is C11HBr20IO2. The van der Waals surface area contributed by atoms with Crippen LogP contribution in [-0.2, 0) is 4.79 Å². The van der Waals surface area contributed by atoms with E-state index in [1.54, 1.807) is 22.6 Å². The molecule has 0 aliphatic rings. The first-order chi connectivity index (χ1) is 14.2. The third-order valence-corrected chi connectivity index (χ3v) is 47.4. The quantitative estimate of drug-likeness (QED) is 0.185. The Hall–Kier alpha value is 9.80. The van der Waals surface area contributed by atoms with Crippen molar-refractivity contribution in [2.24, 2.45) is 0 Å². The van der Waals surface area contributed by atoms with Gasteiger partial charge in [0.25, 0.3) is 0 Å². The molecule has 23 heteroatoms. The highest BCUT2D eigenvalue weighted by molar-refractivity contribution is 14.1. The van der Waals surface area contributed by atoms with E-state index < -0.39 is 36.3 Å². The Bertz CT molecular complexity index is 795. The minimum atomic E-state index is -1.55. The van der Waals surface area contributed by atoms with Gasteiger partial charge in [-0.1, -0.05) is 341 Å². The molecule has 0 aliphatic heterocycles. The molecule has 0 bridgehead atoms. The van der Waals surface area contributed by atoms with Crippen LogP contribution in [0.3, 0.4) is 0 Å². The van der Waals surface area contributed by atoms with E-state index in [2.05, 4.69) is 319 Å². The summed E-state index contributed by atoms with van der Waals surface area (Å²) in [5.74, 6) is -1.14. The molecule has 0 saturated heterocycles. The van der Waals surface area contributed by atoms with Gasteiger partial charge in [-0.3, -0.25) is 0 Å². The number of hydrogen-bond donors (Lipinski definition) is 1. The zero-order valence-electron chi connectivity index (χ0n) is 14.3. The minimum absolute atomic E-state index is 0.870. The highest BCUT2D eigenvalue weighted by Gasteiger charge is 2.80. The Morgan fingerprint density at radius 3 is 0.765 bits per heavy atom. The molecule has 2 nitrogen and oxygen atoms in total. The standard InChI is InChI=1S/C11HBr20IO2/c12-2(32,1(33)34)3(13,14)4(15,16)5(17,18)6(19,20)7(21,22)8(23,24)9(25,26)10(27,28)11(29,30)31/h(H,33,34). The second kappa shape index (κ2) is 14.1. The molecule has 1 unspecified atom stereocenters. The van der Waals surface area contributed by atoms with Crippen LogP contribution in [0.5, 0.6) is 0 Å². The number of carboxylic acids is 1. The minimum Gasteiger partial charge on any atom is -0.480 e. The van der Waals surface area contributed by atoms with Gasteiger partial charge in [-0.05, 0) is 0 Å². The largest absolute Gasteiger partial charge is 0.480 e. The van der Waals surface area contributed by atoms with Crippen molar-refractivity contribution < 1.29 is 9.90 Å². The number of hydrogen-bond acceptors (Lipinski definition) is 1. The maximum atomic E-state index is 12.1. The van der Waals surface area contributed by atoms with Crippen molar-refractivity contribution >= 4 is 347 Å². The summed E-state index contributed by atoms with van der Waals surface area (Å²) in [6, 6.07) is 0. The summed E-state index contributed by atoms with van der Waals surface area (Å²) in [6.45, 7) is 0. The summed E-state index contributed by atoms with van der Waals surface area (Å²) >= 11 is 75.5. The monoisotopic (exact) mass is 1870 g/mol. The molecule has 0 saturated carbocycles. The van der Waals surface area contributed by atoms with Gasteiger partial charge in [0.1, 0.15) is 25.9 Å². The Kier molecular flexibility index (Phi) is 18.2. The Morgan fingerprint density at radius 2 is 0.588 bits per heavy atom. The summed E-state index contributed by atoms with van der Waals surface area (Å²) in [4.78, 5) is 12.1. The van der Waals surface area contributed by atoms with Crippen molar-refractivity contribution in [2.45, 2.75) is 30.3 Å². The molecule has 0 aromatic heterocycles. The molecule has 0 radical (unpaired) electrons. The molecule has 0 aliphatic carbocycles. The predicted molar refractivity (Wildman–Crippen MR) is 228 cm³/mol. The lowest BCUT2D eigenvalue weighted by molar-refractivity contribution is -0.136. The molecular weight excluding hydrogens is 1890 g/mol. The highest BCUT2D eigenvalue weighted by atomic mass is 127. The lowest BCUT2D eigenvalue weighted by Crippen LogP contribution is -2.70. The summed E-state index contributed by atoms with van der Waals surface area (Å²) in [5, 5.41) is 9.89. The maximum Gasteiger partial charge on any atom is 0.333 e. The third-order valence-electron chi connectivity index (χ3n) is 3.78. The topological polar surface area (TPSA) is 37.3 Å². The van der Waals surface area contributed by atoms with E-state index in [0.29, 0.717) is 0 Å². The van der Waals surface area contributed by atoms with E-state index in [4.69, 9.17) is 0 Å². The predicted octanol–water partition coefficient (Wildman–Crippen LogP) is 15.3. The van der Waals surface area contributed by atoms with Gasteiger partial charge in [-0.25, -0.2) is 4.79 Å². The summed E-state index contributed by atoms with van der Waals surface area (Å²) in [5.41, 5.74) is 0. The van der Waals surface area contributed by atoms with Crippen LogP contribution in [0.25, 0.3) is 0 Å². The number of halogens is 21. The van der Waals surface area contributed by atoms with Crippen LogP contribution < -0.4 is 0 Å². The lowest BCUT2D eigenvalue weighted by atomic mass is 10.0. The van der Waals surface area contributed by atoms with Gasteiger partial charge in [-0.2, -0.15) is 0 Å². The zero-order valence-corrected chi connectivity index (χ0v) is 48.2. The molecule has 1 N–H and O–H groups in total. The Balaban J connectivity index is 7.11. The van der Waals surface area contributed by atoms with Crippen molar-refractivity contribution in [3.8, 4) is 0 Å². The fraction of sp³-hybridized carbons (Fsp3) is 0.909. The van der Waals surface area contributed by atoms with Crippen LogP contribution in [0.15, 0.2) is 0 Å². The van der Waals surface area contributed by atoms with E-state index in [9.17, 15) is 9.90 Å². The van der Waals surface area contributed by atoms with Crippen LogP contribution >= 0.6 is 341 Å². The molecule has 204 valence electrons. The first-order valence-electron chi connectivity index (χ1n) is 6.90. The van der Waals surface area contributed by atoms with Crippen molar-refractivity contribution in [3.63, 3.8) is 0 Å². The van der Waals surface area contributed by atoms with Gasteiger partial charge < -0.3 is 5.11 Å². The van der Waals surface area contributed by atoms with Crippen LogP contribution in [0.4, 0.5) is 0 Å². The summed E-state index contributed by atoms with van der Waals surface area (Å²) in [7, 11) is 0. The van der Waals surface area contributed by atoms with Crippen molar-refractivity contribution in [3.05, 3.63) is 0 Å². The van der Waals surface area contributed by atoms with E-state index >= 15 is 0 Å². The van der Waals surface area contributed by atoms with Crippen molar-refractivity contribution in [2.75, 3.05) is 0 Å². The molecule has 0 fully saturated rings. The lowest BCUT2D eigenvalue weighted by Gasteiger charge is -2.59. The molecule has 0 amide bonds. The second-order valence-corrected chi connectivity index (χ2v) is 44.6. The Morgan fingerprint density at radius 1 is 0.412 bits per heavy atom. The zero-order chi connectivity index (χ0) is 28.6. The number of carbonyl (C=O) groups is 1. The summed E-state index contributed by atoms with van der Waals surface area (Å²) < 4.78 is -12.1. The average molecular weight is 1890 g/mol. The summed E-state index contributed by atoms with van der Waals surface area (Å²) in [6.07, 6.45) is 0. The average Bonchev–Trinajstić information content (AvgIpc) is 2.58. The number of aliphatic carboxylic acids is 1. The molecule has 0 aromatic carbocycles. The molecule has 0 heterocycles. The second-order valence-electron chi connectivity index (χ2n) is 5.97. The van der Waals surface area contributed by atoms with Gasteiger partial charge in [0.2, 0.25) is 2.33 Å². The normalized spacial score (nSPS) is 18.0. The van der Waals surface area contributed by atoms with Gasteiger partial charge in [0.15, 0.2) is 2.14 Å². The fourth-order valence-corrected chi connectivity index (χ4v) is 21.2. The van der Waals surface area contributed by atoms with Crippen molar-refractivity contribution in [1.29, 1.82) is 0 Å². The van der Waals surface area contributed by atoms with Gasteiger partial charge >= 0.3 is 5.97 Å². The molecule has 34 heavy (non-hydrogen) atoms. The maximum absolute atomic E-state index is 12.1. The number of carboxylic acid groups (broad SMARTS) is 1. The van der Waals surface area contributed by atoms with Crippen LogP contribution in [0.2, 0.25) is 0 Å². The van der Waals surface area contributed by atoms with Crippen LogP contribution in [0, 0.1) is 0 Å². The molecule has 0 rings (SSSR count). The van der Waals surface area contributed by atoms with E-state index in [0.717, 1.165) is 0 Å². The number of alkyl halides is 21. The van der Waals surface area contributed by atoms with Gasteiger partial charge in [0.05, 0.1) is 0 Å². The van der Waals surface area contributed by atoms with Gasteiger partial charge in [-0.15, -0.1) is 0 Å². The SMILES string of the molecule is O=C(O)C(Br)(I)C(Br)(Br)C(Br)(Br)C(Br)(Br)C(Br)(Br)C(Br)(Br)C(Br)(Br)C(Br)(Br)C(Br)(Br)C(Br)(Br)Br.